The number of aromatic nitrogens is 4. The highest BCUT2D eigenvalue weighted by molar-refractivity contribution is 6.96. The first-order valence-corrected chi connectivity index (χ1v) is 27.0. The van der Waals surface area contributed by atoms with Crippen molar-refractivity contribution in [3.8, 4) is 22.7 Å². The van der Waals surface area contributed by atoms with Gasteiger partial charge in [-0.25, -0.2) is 0 Å². The molecule has 0 aliphatic rings. The van der Waals surface area contributed by atoms with E-state index in [9.17, 15) is 0 Å². The van der Waals surface area contributed by atoms with Gasteiger partial charge in [-0.2, -0.15) is 0 Å². The Morgan fingerprint density at radius 2 is 0.506 bits per heavy atom. The van der Waals surface area contributed by atoms with Gasteiger partial charge in [-0.3, -0.25) is 0 Å². The summed E-state index contributed by atoms with van der Waals surface area (Å²) < 4.78 is 10.0. The molecule has 11 aromatic carbocycles. The predicted molar refractivity (Wildman–Crippen MR) is 330 cm³/mol. The third kappa shape index (κ3) is 6.79. The summed E-state index contributed by atoms with van der Waals surface area (Å²) in [6, 6.07) is 84.3. The molecular weight excluding hydrogens is 932 g/mol. The molecule has 15 rings (SSSR count). The molecule has 5 heteroatoms. The molecule has 0 atom stereocenters. The Labute approximate surface area is 448 Å². The van der Waals surface area contributed by atoms with E-state index < -0.39 is 0 Å². The molecule has 0 spiro atoms. The summed E-state index contributed by atoms with van der Waals surface area (Å²) in [7, 11) is 0. The molecule has 366 valence electrons. The second kappa shape index (κ2) is 17.1. The smallest absolute Gasteiger partial charge is 0.242 e. The standard InChI is InChI=1S/C72H55BN4/c1-44-33-46(3)71(47(4)34-44)73(72-48(5)35-45(2)36-49(72)6)50-37-53(76-65-31-19-15-27-57(65)61-40-67-59(42-69(61)76)55-25-13-17-29-63(55)74(67)51-21-9-7-10-22-51)39-54(38-50)77-66-32-20-16-28-58(66)62-41-68-60(43-70(62)77)56-26-14-18-30-64(56)75(68)52-23-11-8-12-24-52/h7-43H,1-6H3. The number of rotatable bonds is 7. The van der Waals surface area contributed by atoms with E-state index in [0.29, 0.717) is 0 Å². The van der Waals surface area contributed by atoms with Crippen LogP contribution in [0.4, 0.5) is 0 Å². The minimum atomic E-state index is -0.0674. The van der Waals surface area contributed by atoms with Gasteiger partial charge in [-0.15, -0.1) is 0 Å². The third-order valence-corrected chi connectivity index (χ3v) is 16.8. The summed E-state index contributed by atoms with van der Waals surface area (Å²) in [6.45, 7) is 13.7. The van der Waals surface area contributed by atoms with Crippen molar-refractivity contribution in [2.45, 2.75) is 41.5 Å². The van der Waals surface area contributed by atoms with Crippen LogP contribution in [-0.4, -0.2) is 25.0 Å². The molecule has 0 N–H and O–H groups in total. The van der Waals surface area contributed by atoms with Crippen LogP contribution in [0.15, 0.2) is 224 Å². The monoisotopic (exact) mass is 986 g/mol. The average Bonchev–Trinajstić information content (AvgIpc) is 4.16. The van der Waals surface area contributed by atoms with Gasteiger partial charge in [0.2, 0.25) is 6.71 Å². The van der Waals surface area contributed by atoms with Crippen molar-refractivity contribution in [1.82, 2.24) is 18.3 Å². The number of para-hydroxylation sites is 6. The molecule has 15 aromatic rings. The van der Waals surface area contributed by atoms with E-state index in [-0.39, 0.29) is 6.71 Å². The van der Waals surface area contributed by atoms with Crippen molar-refractivity contribution in [3.05, 3.63) is 258 Å². The molecule has 0 aliphatic heterocycles. The highest BCUT2D eigenvalue weighted by Crippen LogP contribution is 2.42. The Morgan fingerprint density at radius 1 is 0.234 bits per heavy atom. The van der Waals surface area contributed by atoms with Crippen molar-refractivity contribution >= 4 is 110 Å². The average molecular weight is 987 g/mol. The predicted octanol–water partition coefficient (Wildman–Crippen LogP) is 16.4. The summed E-state index contributed by atoms with van der Waals surface area (Å²) in [4.78, 5) is 0. The molecular formula is C72H55BN4. The SMILES string of the molecule is Cc1cc(C)c(B(c2cc(-n3c4ccccc4c4cc5c(cc43)c3ccccc3n5-c3ccccc3)cc(-n3c4ccccc4c4cc5c(cc43)c3ccccc3n5-c3ccccc3)c2)c2c(C)cc(C)cc2C)c(C)c1. The van der Waals surface area contributed by atoms with Crippen LogP contribution in [0.5, 0.6) is 0 Å². The van der Waals surface area contributed by atoms with Crippen molar-refractivity contribution in [1.29, 1.82) is 0 Å². The Morgan fingerprint density at radius 3 is 0.818 bits per heavy atom. The normalized spacial score (nSPS) is 12.0. The van der Waals surface area contributed by atoms with E-state index in [1.807, 2.05) is 0 Å². The van der Waals surface area contributed by atoms with Crippen LogP contribution < -0.4 is 16.4 Å². The summed E-state index contributed by atoms with van der Waals surface area (Å²) in [5.41, 5.74) is 25.8. The Kier molecular flexibility index (Phi) is 10.0. The van der Waals surface area contributed by atoms with Crippen LogP contribution in [0.2, 0.25) is 0 Å². The Hall–Kier alpha value is -9.32. The summed E-state index contributed by atoms with van der Waals surface area (Å²) in [5, 5.41) is 9.83. The molecule has 0 aliphatic carbocycles. The van der Waals surface area contributed by atoms with E-state index in [4.69, 9.17) is 0 Å². The fraction of sp³-hybridized carbons (Fsp3) is 0.0833. The highest BCUT2D eigenvalue weighted by Gasteiger charge is 2.31. The van der Waals surface area contributed by atoms with Crippen LogP contribution >= 0.6 is 0 Å². The van der Waals surface area contributed by atoms with Gasteiger partial charge in [0.15, 0.2) is 0 Å². The Balaban J connectivity index is 1.09. The molecule has 0 unspecified atom stereocenters. The summed E-state index contributed by atoms with van der Waals surface area (Å²) >= 11 is 0. The fourth-order valence-electron chi connectivity index (χ4n) is 13.9. The van der Waals surface area contributed by atoms with Gasteiger partial charge >= 0.3 is 0 Å². The number of aryl methyl sites for hydroxylation is 6. The summed E-state index contributed by atoms with van der Waals surface area (Å²) in [6.07, 6.45) is 0. The van der Waals surface area contributed by atoms with E-state index in [0.717, 1.165) is 22.7 Å². The molecule has 4 heterocycles. The quantitative estimate of drug-likeness (QED) is 0.142. The first-order valence-electron chi connectivity index (χ1n) is 27.0. The zero-order valence-corrected chi connectivity index (χ0v) is 44.2. The van der Waals surface area contributed by atoms with Crippen LogP contribution in [0, 0.1) is 41.5 Å². The first kappa shape index (κ1) is 45.1. The Bertz CT molecular complexity index is 4580. The van der Waals surface area contributed by atoms with Gasteiger partial charge in [-0.1, -0.05) is 183 Å². The van der Waals surface area contributed by atoms with Crippen LogP contribution in [-0.2, 0) is 0 Å². The maximum Gasteiger partial charge on any atom is 0.242 e. The van der Waals surface area contributed by atoms with Crippen LogP contribution in [0.1, 0.15) is 33.4 Å². The lowest BCUT2D eigenvalue weighted by atomic mass is 9.34. The second-order valence-corrected chi connectivity index (χ2v) is 21.7. The number of hydrogen-bond acceptors (Lipinski definition) is 0. The third-order valence-electron chi connectivity index (χ3n) is 16.8. The molecule has 77 heavy (non-hydrogen) atoms. The second-order valence-electron chi connectivity index (χ2n) is 21.7. The minimum Gasteiger partial charge on any atom is -0.309 e. The first-order chi connectivity index (χ1) is 37.7. The van der Waals surface area contributed by atoms with E-state index in [2.05, 4.69) is 284 Å². The molecule has 0 saturated heterocycles. The van der Waals surface area contributed by atoms with Crippen molar-refractivity contribution in [3.63, 3.8) is 0 Å². The lowest BCUT2D eigenvalue weighted by molar-refractivity contribution is 1.14. The summed E-state index contributed by atoms with van der Waals surface area (Å²) in [5.74, 6) is 0. The highest BCUT2D eigenvalue weighted by atomic mass is 15.0. The number of nitrogens with zero attached hydrogens (tertiary/aromatic N) is 4. The zero-order chi connectivity index (χ0) is 51.8. The molecule has 0 bridgehead atoms. The van der Waals surface area contributed by atoms with Gasteiger partial charge in [0.25, 0.3) is 0 Å². The molecule has 0 fully saturated rings. The van der Waals surface area contributed by atoms with Gasteiger partial charge in [-0.05, 0) is 133 Å². The van der Waals surface area contributed by atoms with Gasteiger partial charge in [0.05, 0.1) is 44.1 Å². The maximum atomic E-state index is 2.56. The van der Waals surface area contributed by atoms with Crippen molar-refractivity contribution in [2.75, 3.05) is 0 Å². The van der Waals surface area contributed by atoms with Crippen molar-refractivity contribution < 1.29 is 0 Å². The molecule has 0 saturated carbocycles. The topological polar surface area (TPSA) is 19.7 Å². The van der Waals surface area contributed by atoms with Crippen molar-refractivity contribution in [2.24, 2.45) is 0 Å². The number of fused-ring (bicyclic) bond motifs is 12. The lowest BCUT2D eigenvalue weighted by Gasteiger charge is -2.26. The van der Waals surface area contributed by atoms with E-state index in [1.54, 1.807) is 0 Å². The molecule has 0 radical (unpaired) electrons. The molecule has 4 nitrogen and oxygen atoms in total. The number of benzene rings is 11. The molecule has 0 amide bonds. The van der Waals surface area contributed by atoms with E-state index >= 15 is 0 Å². The fourth-order valence-corrected chi connectivity index (χ4v) is 13.9. The minimum absolute atomic E-state index is 0.0674. The van der Waals surface area contributed by atoms with E-state index in [1.165, 1.54) is 137 Å². The largest absolute Gasteiger partial charge is 0.309 e. The number of hydrogen-bond donors (Lipinski definition) is 0. The maximum absolute atomic E-state index is 2.56. The van der Waals surface area contributed by atoms with Gasteiger partial charge in [0, 0.05) is 65.8 Å². The molecule has 4 aromatic heterocycles. The van der Waals surface area contributed by atoms with Gasteiger partial charge < -0.3 is 18.3 Å². The zero-order valence-electron chi connectivity index (χ0n) is 44.2. The lowest BCUT2D eigenvalue weighted by Crippen LogP contribution is -2.56. The van der Waals surface area contributed by atoms with Gasteiger partial charge in [0.1, 0.15) is 0 Å². The van der Waals surface area contributed by atoms with Crippen LogP contribution in [0.25, 0.3) is 110 Å². The van der Waals surface area contributed by atoms with Crippen LogP contribution in [0.3, 0.4) is 0 Å².